The molecule has 5 rings (SSSR count). The standard InChI is InChI=1S/C19H28O2/c1-18-9-4-3-5-11(18)6-7-12-13(18)8-10-19(2)14(12)15-16(21-15)17(19)20/h11-16H,3-10H2,1-2H3/t11-,12-,13+,14-,15+,16+,18+,19+/m1/s1. The van der Waals surface area contributed by atoms with Crippen LogP contribution in [0.15, 0.2) is 0 Å². The molecule has 0 N–H and O–H groups in total. The van der Waals surface area contributed by atoms with Crippen molar-refractivity contribution in [1.82, 2.24) is 0 Å². The van der Waals surface area contributed by atoms with Gasteiger partial charge in [0.15, 0.2) is 5.78 Å². The summed E-state index contributed by atoms with van der Waals surface area (Å²) in [5.41, 5.74) is 0.533. The molecule has 0 radical (unpaired) electrons. The molecule has 0 aromatic carbocycles. The Labute approximate surface area is 128 Å². The van der Waals surface area contributed by atoms with Gasteiger partial charge in [-0.1, -0.05) is 26.7 Å². The van der Waals surface area contributed by atoms with Gasteiger partial charge in [0.1, 0.15) is 6.10 Å². The van der Waals surface area contributed by atoms with Gasteiger partial charge < -0.3 is 4.74 Å². The summed E-state index contributed by atoms with van der Waals surface area (Å²) < 4.78 is 5.77. The predicted molar refractivity (Wildman–Crippen MR) is 80.8 cm³/mol. The van der Waals surface area contributed by atoms with Crippen LogP contribution >= 0.6 is 0 Å². The minimum atomic E-state index is -0.0351. The fourth-order valence-electron chi connectivity index (χ4n) is 7.37. The van der Waals surface area contributed by atoms with Gasteiger partial charge in [-0.2, -0.15) is 0 Å². The first-order valence-electron chi connectivity index (χ1n) is 9.25. The van der Waals surface area contributed by atoms with Crippen LogP contribution in [-0.2, 0) is 9.53 Å². The van der Waals surface area contributed by atoms with Crippen molar-refractivity contribution in [2.24, 2.45) is 34.5 Å². The second kappa shape index (κ2) is 3.93. The molecule has 0 aromatic heterocycles. The number of rotatable bonds is 0. The number of ether oxygens (including phenoxy) is 1. The highest BCUT2D eigenvalue weighted by atomic mass is 16.6. The summed E-state index contributed by atoms with van der Waals surface area (Å²) in [5, 5.41) is 0. The van der Waals surface area contributed by atoms with Crippen molar-refractivity contribution in [3.05, 3.63) is 0 Å². The molecule has 0 amide bonds. The van der Waals surface area contributed by atoms with E-state index in [1.54, 1.807) is 0 Å². The van der Waals surface area contributed by atoms with Crippen LogP contribution in [0.1, 0.15) is 65.2 Å². The molecule has 5 fully saturated rings. The number of carbonyl (C=O) groups is 1. The average molecular weight is 288 g/mol. The summed E-state index contributed by atoms with van der Waals surface area (Å²) in [6, 6.07) is 0. The number of hydrogen-bond acceptors (Lipinski definition) is 2. The molecular weight excluding hydrogens is 260 g/mol. The molecular formula is C19H28O2. The van der Waals surface area contributed by atoms with Gasteiger partial charge in [-0.05, 0) is 61.7 Å². The quantitative estimate of drug-likeness (QED) is 0.631. The maximum absolute atomic E-state index is 12.6. The maximum atomic E-state index is 12.6. The van der Waals surface area contributed by atoms with Crippen molar-refractivity contribution >= 4 is 5.78 Å². The number of Topliss-reactive ketones (excluding diaryl/α,β-unsaturated/α-hetero) is 1. The van der Waals surface area contributed by atoms with Crippen molar-refractivity contribution in [3.8, 4) is 0 Å². The summed E-state index contributed by atoms with van der Waals surface area (Å²) in [4.78, 5) is 12.6. The Kier molecular flexibility index (Phi) is 2.45. The van der Waals surface area contributed by atoms with Crippen molar-refractivity contribution in [2.45, 2.75) is 77.4 Å². The zero-order valence-electron chi connectivity index (χ0n) is 13.4. The van der Waals surface area contributed by atoms with E-state index in [0.29, 0.717) is 23.2 Å². The number of fused-ring (bicyclic) bond motifs is 7. The molecule has 4 saturated carbocycles. The summed E-state index contributed by atoms with van der Waals surface area (Å²) in [6.07, 6.45) is 11.3. The SMILES string of the molecule is C[C@]12CCCC[C@@H]1CC[C@H]1[C@@H]3[C@@H]4O[C@@H]4C(=O)[C@@]3(C)CC[C@@H]12. The van der Waals surface area contributed by atoms with Gasteiger partial charge in [-0.15, -0.1) is 0 Å². The molecule has 0 bridgehead atoms. The van der Waals surface area contributed by atoms with Crippen LogP contribution in [0, 0.1) is 34.5 Å². The molecule has 0 aromatic rings. The van der Waals surface area contributed by atoms with E-state index in [-0.39, 0.29) is 11.5 Å². The fourth-order valence-corrected chi connectivity index (χ4v) is 7.37. The Bertz CT molecular complexity index is 500. The maximum Gasteiger partial charge on any atom is 0.170 e. The first kappa shape index (κ1) is 13.1. The van der Waals surface area contributed by atoms with E-state index in [1.807, 2.05) is 0 Å². The Hall–Kier alpha value is -0.370. The van der Waals surface area contributed by atoms with Crippen LogP contribution in [0.25, 0.3) is 0 Å². The summed E-state index contributed by atoms with van der Waals surface area (Å²) in [6.45, 7) is 4.86. The van der Waals surface area contributed by atoms with Crippen LogP contribution in [0.3, 0.4) is 0 Å². The lowest BCUT2D eigenvalue weighted by Gasteiger charge is -2.59. The van der Waals surface area contributed by atoms with Gasteiger partial charge in [-0.25, -0.2) is 0 Å². The van der Waals surface area contributed by atoms with Crippen molar-refractivity contribution in [1.29, 1.82) is 0 Å². The summed E-state index contributed by atoms with van der Waals surface area (Å²) in [7, 11) is 0. The van der Waals surface area contributed by atoms with Gasteiger partial charge in [0.2, 0.25) is 0 Å². The Morgan fingerprint density at radius 1 is 1.05 bits per heavy atom. The van der Waals surface area contributed by atoms with Gasteiger partial charge in [0.05, 0.1) is 6.10 Å². The van der Waals surface area contributed by atoms with E-state index in [1.165, 1.54) is 44.9 Å². The van der Waals surface area contributed by atoms with E-state index in [0.717, 1.165) is 24.2 Å². The van der Waals surface area contributed by atoms with Crippen LogP contribution in [-0.4, -0.2) is 18.0 Å². The third-order valence-corrected chi connectivity index (χ3v) is 8.54. The largest absolute Gasteiger partial charge is 0.361 e. The van der Waals surface area contributed by atoms with Gasteiger partial charge in [0, 0.05) is 11.3 Å². The fraction of sp³-hybridized carbons (Fsp3) is 0.947. The molecule has 21 heavy (non-hydrogen) atoms. The van der Waals surface area contributed by atoms with Crippen molar-refractivity contribution in [2.75, 3.05) is 0 Å². The van der Waals surface area contributed by atoms with Crippen LogP contribution in [0.2, 0.25) is 0 Å². The number of ketones is 1. The van der Waals surface area contributed by atoms with Crippen LogP contribution in [0.4, 0.5) is 0 Å². The van der Waals surface area contributed by atoms with E-state index >= 15 is 0 Å². The van der Waals surface area contributed by atoms with E-state index < -0.39 is 0 Å². The van der Waals surface area contributed by atoms with E-state index in [2.05, 4.69) is 13.8 Å². The monoisotopic (exact) mass is 288 g/mol. The molecule has 0 spiro atoms. The average Bonchev–Trinajstić information content (AvgIpc) is 3.21. The minimum absolute atomic E-state index is 0.00404. The van der Waals surface area contributed by atoms with Crippen LogP contribution < -0.4 is 0 Å². The topological polar surface area (TPSA) is 29.6 Å². The number of hydrogen-bond donors (Lipinski definition) is 0. The summed E-state index contributed by atoms with van der Waals surface area (Å²) in [5.74, 6) is 3.60. The Morgan fingerprint density at radius 3 is 2.76 bits per heavy atom. The predicted octanol–water partition coefficient (Wildman–Crippen LogP) is 3.98. The zero-order chi connectivity index (χ0) is 14.4. The first-order chi connectivity index (χ1) is 10.1. The molecule has 4 aliphatic carbocycles. The second-order valence-electron chi connectivity index (χ2n) is 9.16. The second-order valence-corrected chi connectivity index (χ2v) is 9.16. The zero-order valence-corrected chi connectivity index (χ0v) is 13.4. The summed E-state index contributed by atoms with van der Waals surface area (Å²) >= 11 is 0. The number of carbonyl (C=O) groups excluding carboxylic acids is 1. The van der Waals surface area contributed by atoms with Crippen LogP contribution in [0.5, 0.6) is 0 Å². The lowest BCUT2D eigenvalue weighted by molar-refractivity contribution is -0.149. The minimum Gasteiger partial charge on any atom is -0.361 e. The van der Waals surface area contributed by atoms with Gasteiger partial charge >= 0.3 is 0 Å². The highest BCUT2D eigenvalue weighted by molar-refractivity contribution is 5.94. The normalized spacial score (nSPS) is 61.5. The first-order valence-corrected chi connectivity index (χ1v) is 9.25. The Morgan fingerprint density at radius 2 is 1.90 bits per heavy atom. The van der Waals surface area contributed by atoms with Crippen molar-refractivity contribution < 1.29 is 9.53 Å². The molecule has 8 atom stereocenters. The van der Waals surface area contributed by atoms with Crippen molar-refractivity contribution in [3.63, 3.8) is 0 Å². The molecule has 1 aliphatic heterocycles. The molecule has 0 unspecified atom stereocenters. The molecule has 5 aliphatic rings. The van der Waals surface area contributed by atoms with E-state index in [9.17, 15) is 4.79 Å². The number of epoxide rings is 1. The highest BCUT2D eigenvalue weighted by Gasteiger charge is 2.72. The molecule has 2 heteroatoms. The smallest absolute Gasteiger partial charge is 0.170 e. The molecule has 116 valence electrons. The Balaban J connectivity index is 1.52. The highest BCUT2D eigenvalue weighted by Crippen LogP contribution is 2.68. The molecule has 1 saturated heterocycles. The lowest BCUT2D eigenvalue weighted by atomic mass is 9.45. The molecule has 1 heterocycles. The van der Waals surface area contributed by atoms with Gasteiger partial charge in [0.25, 0.3) is 0 Å². The third-order valence-electron chi connectivity index (χ3n) is 8.54. The third kappa shape index (κ3) is 1.46. The van der Waals surface area contributed by atoms with Gasteiger partial charge in [-0.3, -0.25) is 4.79 Å². The lowest BCUT2D eigenvalue weighted by Crippen LogP contribution is -2.54. The van der Waals surface area contributed by atoms with E-state index in [4.69, 9.17) is 4.74 Å². The molecule has 2 nitrogen and oxygen atoms in total.